The van der Waals surface area contributed by atoms with Crippen LogP contribution in [0.2, 0.25) is 0 Å². The first-order valence-corrected chi connectivity index (χ1v) is 6.04. The van der Waals surface area contributed by atoms with Crippen LogP contribution in [-0.2, 0) is 10.5 Å². The summed E-state index contributed by atoms with van der Waals surface area (Å²) < 4.78 is 6.97. The highest BCUT2D eigenvalue weighted by molar-refractivity contribution is 9.10. The van der Waals surface area contributed by atoms with Gasteiger partial charge >= 0.3 is 0 Å². The number of rotatable bonds is 1. The highest BCUT2D eigenvalue weighted by Crippen LogP contribution is 2.28. The molecule has 15 heavy (non-hydrogen) atoms. The van der Waals surface area contributed by atoms with Crippen LogP contribution < -0.4 is 5.32 Å². The van der Waals surface area contributed by atoms with Gasteiger partial charge in [-0.15, -0.1) is 0 Å². The monoisotopic (exact) mass is 269 g/mol. The normalized spacial score (nSPS) is 31.5. The van der Waals surface area contributed by atoms with Gasteiger partial charge in [-0.25, -0.2) is 0 Å². The van der Waals surface area contributed by atoms with E-state index in [2.05, 4.69) is 47.2 Å². The van der Waals surface area contributed by atoms with Crippen molar-refractivity contribution in [2.24, 2.45) is 5.92 Å². The summed E-state index contributed by atoms with van der Waals surface area (Å²) in [5, 5.41) is 3.45. The first-order valence-electron chi connectivity index (χ1n) is 5.25. The molecule has 0 aliphatic carbocycles. The Bertz CT molecular complexity index is 345. The van der Waals surface area contributed by atoms with Gasteiger partial charge in [-0.05, 0) is 30.5 Å². The lowest BCUT2D eigenvalue weighted by Crippen LogP contribution is -2.49. The predicted molar refractivity (Wildman–Crippen MR) is 64.6 cm³/mol. The molecule has 0 saturated carbocycles. The summed E-state index contributed by atoms with van der Waals surface area (Å²) in [6.07, 6.45) is 0. The van der Waals surface area contributed by atoms with Crippen molar-refractivity contribution in [1.82, 2.24) is 5.32 Å². The van der Waals surface area contributed by atoms with Crippen molar-refractivity contribution in [3.63, 3.8) is 0 Å². The van der Waals surface area contributed by atoms with Crippen molar-refractivity contribution >= 4 is 15.9 Å². The van der Waals surface area contributed by atoms with E-state index >= 15 is 0 Å². The minimum absolute atomic E-state index is 0.337. The number of benzene rings is 1. The summed E-state index contributed by atoms with van der Waals surface area (Å²) in [4.78, 5) is 0. The van der Waals surface area contributed by atoms with Crippen LogP contribution >= 0.6 is 15.9 Å². The molecule has 2 rings (SSSR count). The van der Waals surface area contributed by atoms with Crippen LogP contribution in [-0.4, -0.2) is 13.2 Å². The van der Waals surface area contributed by atoms with Crippen LogP contribution in [0.1, 0.15) is 19.4 Å². The molecule has 1 saturated heterocycles. The second-order valence-electron chi connectivity index (χ2n) is 4.34. The Morgan fingerprint density at radius 1 is 1.53 bits per heavy atom. The van der Waals surface area contributed by atoms with E-state index in [-0.39, 0.29) is 5.72 Å². The molecule has 0 radical (unpaired) electrons. The van der Waals surface area contributed by atoms with Crippen LogP contribution in [0, 0.1) is 5.92 Å². The molecule has 1 fully saturated rings. The van der Waals surface area contributed by atoms with E-state index in [0.29, 0.717) is 5.92 Å². The number of nitrogens with one attached hydrogen (secondary N) is 1. The van der Waals surface area contributed by atoms with Gasteiger partial charge in [0.15, 0.2) is 0 Å². The molecule has 1 aromatic rings. The largest absolute Gasteiger partial charge is 0.356 e. The summed E-state index contributed by atoms with van der Waals surface area (Å²) in [6.45, 7) is 6.09. The summed E-state index contributed by atoms with van der Waals surface area (Å²) in [5.74, 6) is 0.588. The molecule has 2 unspecified atom stereocenters. The van der Waals surface area contributed by atoms with E-state index in [1.807, 2.05) is 12.1 Å². The molecule has 2 atom stereocenters. The van der Waals surface area contributed by atoms with Crippen molar-refractivity contribution < 1.29 is 4.74 Å². The molecule has 1 N–H and O–H groups in total. The maximum Gasteiger partial charge on any atom is 0.142 e. The molecule has 1 aliphatic rings. The number of halogens is 1. The lowest BCUT2D eigenvalue weighted by atomic mass is 10.0. The third kappa shape index (κ3) is 2.41. The van der Waals surface area contributed by atoms with Gasteiger partial charge < -0.3 is 4.74 Å². The van der Waals surface area contributed by atoms with E-state index in [0.717, 1.165) is 17.6 Å². The maximum absolute atomic E-state index is 5.89. The van der Waals surface area contributed by atoms with Gasteiger partial charge in [0.05, 0.1) is 6.61 Å². The minimum atomic E-state index is -0.337. The van der Waals surface area contributed by atoms with Gasteiger partial charge in [0, 0.05) is 11.0 Å². The topological polar surface area (TPSA) is 21.3 Å². The zero-order chi connectivity index (χ0) is 10.9. The molecule has 1 heterocycles. The summed E-state index contributed by atoms with van der Waals surface area (Å²) >= 11 is 3.48. The Morgan fingerprint density at radius 3 is 2.93 bits per heavy atom. The van der Waals surface area contributed by atoms with Crippen molar-refractivity contribution in [2.45, 2.75) is 19.6 Å². The van der Waals surface area contributed by atoms with Gasteiger partial charge in [0.1, 0.15) is 5.72 Å². The van der Waals surface area contributed by atoms with Crippen LogP contribution in [0.15, 0.2) is 28.7 Å². The fourth-order valence-electron chi connectivity index (χ4n) is 1.76. The number of ether oxygens (including phenoxy) is 1. The zero-order valence-electron chi connectivity index (χ0n) is 9.09. The molecule has 1 aromatic carbocycles. The van der Waals surface area contributed by atoms with Gasteiger partial charge in [-0.1, -0.05) is 35.0 Å². The second kappa shape index (κ2) is 4.24. The molecule has 0 spiro atoms. The molecule has 2 nitrogen and oxygen atoms in total. The van der Waals surface area contributed by atoms with Gasteiger partial charge in [-0.2, -0.15) is 0 Å². The summed E-state index contributed by atoms with van der Waals surface area (Å²) in [7, 11) is 0. The average Bonchev–Trinajstić information content (AvgIpc) is 2.23. The molecule has 1 aliphatic heterocycles. The Labute approximate surface area is 99.1 Å². The molecular formula is C12H16BrNO. The minimum Gasteiger partial charge on any atom is -0.356 e. The number of hydrogen-bond donors (Lipinski definition) is 1. The van der Waals surface area contributed by atoms with Crippen molar-refractivity contribution in [3.8, 4) is 0 Å². The molecule has 0 aromatic heterocycles. The van der Waals surface area contributed by atoms with Gasteiger partial charge in [-0.3, -0.25) is 5.32 Å². The van der Waals surface area contributed by atoms with Gasteiger partial charge in [0.2, 0.25) is 0 Å². The Hall–Kier alpha value is -0.380. The Morgan fingerprint density at radius 2 is 2.33 bits per heavy atom. The van der Waals surface area contributed by atoms with Crippen molar-refractivity contribution in [1.29, 1.82) is 0 Å². The Balaban J connectivity index is 2.22. The van der Waals surface area contributed by atoms with Crippen LogP contribution in [0.4, 0.5) is 0 Å². The summed E-state index contributed by atoms with van der Waals surface area (Å²) in [5.41, 5.74) is 0.833. The van der Waals surface area contributed by atoms with E-state index in [4.69, 9.17) is 4.74 Å². The second-order valence-corrected chi connectivity index (χ2v) is 5.26. The highest BCUT2D eigenvalue weighted by atomic mass is 79.9. The first kappa shape index (κ1) is 11.1. The fourth-order valence-corrected chi connectivity index (χ4v) is 2.16. The Kier molecular flexibility index (Phi) is 3.14. The molecule has 0 amide bonds. The van der Waals surface area contributed by atoms with Crippen LogP contribution in [0.3, 0.4) is 0 Å². The smallest absolute Gasteiger partial charge is 0.142 e. The summed E-state index contributed by atoms with van der Waals surface area (Å²) in [6, 6.07) is 8.25. The maximum atomic E-state index is 5.89. The van der Waals surface area contributed by atoms with E-state index in [1.54, 1.807) is 0 Å². The van der Waals surface area contributed by atoms with Crippen LogP contribution in [0.5, 0.6) is 0 Å². The zero-order valence-corrected chi connectivity index (χ0v) is 10.7. The van der Waals surface area contributed by atoms with E-state index in [9.17, 15) is 0 Å². The van der Waals surface area contributed by atoms with Crippen molar-refractivity contribution in [3.05, 3.63) is 34.3 Å². The third-order valence-corrected chi connectivity index (χ3v) is 3.31. The van der Waals surface area contributed by atoms with Crippen molar-refractivity contribution in [2.75, 3.05) is 13.2 Å². The lowest BCUT2D eigenvalue weighted by molar-refractivity contribution is -0.106. The highest BCUT2D eigenvalue weighted by Gasteiger charge is 2.31. The number of hydrogen-bond acceptors (Lipinski definition) is 2. The van der Waals surface area contributed by atoms with E-state index < -0.39 is 0 Å². The van der Waals surface area contributed by atoms with Crippen LogP contribution in [0.25, 0.3) is 0 Å². The standard InChI is InChI=1S/C12H16BrNO/c1-9-7-14-12(2,15-8-9)10-4-3-5-11(13)6-10/h3-6,9,14H,7-8H2,1-2H3. The fraction of sp³-hybridized carbons (Fsp3) is 0.500. The van der Waals surface area contributed by atoms with E-state index in [1.165, 1.54) is 5.56 Å². The first-order chi connectivity index (χ1) is 7.10. The molecule has 0 bridgehead atoms. The average molecular weight is 270 g/mol. The third-order valence-electron chi connectivity index (χ3n) is 2.82. The van der Waals surface area contributed by atoms with Gasteiger partial charge in [0.25, 0.3) is 0 Å². The lowest BCUT2D eigenvalue weighted by Gasteiger charge is -2.38. The molecular weight excluding hydrogens is 254 g/mol. The quantitative estimate of drug-likeness (QED) is 0.847. The predicted octanol–water partition coefficient (Wildman–Crippen LogP) is 2.88. The molecule has 82 valence electrons. The SMILES string of the molecule is CC1CNC(C)(c2cccc(Br)c2)OC1. The molecule has 3 heteroatoms.